The van der Waals surface area contributed by atoms with Gasteiger partial charge in [0.15, 0.2) is 0 Å². The number of benzene rings is 1. The van der Waals surface area contributed by atoms with Gasteiger partial charge >= 0.3 is 5.97 Å². The quantitative estimate of drug-likeness (QED) is 0.897. The molecule has 0 saturated heterocycles. The highest BCUT2D eigenvalue weighted by Gasteiger charge is 2.14. The number of halogens is 2. The summed E-state index contributed by atoms with van der Waals surface area (Å²) in [6, 6.07) is 3.99. The Hall–Kier alpha value is -2.02. The number of aromatic nitrogens is 2. The van der Waals surface area contributed by atoms with Crippen LogP contribution in [0.4, 0.5) is 4.39 Å². The molecular formula is C13H10BrFN2O3. The van der Waals surface area contributed by atoms with Gasteiger partial charge in [-0.15, -0.1) is 0 Å². The van der Waals surface area contributed by atoms with Crippen LogP contribution in [0.3, 0.4) is 0 Å². The number of carboxylic acids is 1. The summed E-state index contributed by atoms with van der Waals surface area (Å²) < 4.78 is 13.5. The summed E-state index contributed by atoms with van der Waals surface area (Å²) in [6.45, 7) is 1.56. The normalized spacial score (nSPS) is 10.6. The van der Waals surface area contributed by atoms with E-state index in [1.807, 2.05) is 0 Å². The van der Waals surface area contributed by atoms with Crippen molar-refractivity contribution in [2.45, 2.75) is 13.3 Å². The van der Waals surface area contributed by atoms with Crippen LogP contribution in [0.15, 0.2) is 27.5 Å². The van der Waals surface area contributed by atoms with Crippen molar-refractivity contribution in [1.82, 2.24) is 9.97 Å². The van der Waals surface area contributed by atoms with Crippen LogP contribution in [0.1, 0.15) is 11.3 Å². The monoisotopic (exact) mass is 340 g/mol. The van der Waals surface area contributed by atoms with Crippen LogP contribution in [0, 0.1) is 12.7 Å². The summed E-state index contributed by atoms with van der Waals surface area (Å²) in [7, 11) is 0. The predicted molar refractivity (Wildman–Crippen MR) is 74.0 cm³/mol. The third kappa shape index (κ3) is 2.93. The Morgan fingerprint density at radius 1 is 1.50 bits per heavy atom. The van der Waals surface area contributed by atoms with E-state index >= 15 is 0 Å². The maximum atomic E-state index is 13.0. The van der Waals surface area contributed by atoms with E-state index < -0.39 is 17.3 Å². The van der Waals surface area contributed by atoms with Crippen LogP contribution < -0.4 is 5.56 Å². The van der Waals surface area contributed by atoms with Crippen molar-refractivity contribution in [2.75, 3.05) is 0 Å². The molecule has 0 bridgehead atoms. The maximum Gasteiger partial charge on any atom is 0.308 e. The second-order valence-corrected chi connectivity index (χ2v) is 5.03. The Morgan fingerprint density at radius 2 is 2.20 bits per heavy atom. The fourth-order valence-electron chi connectivity index (χ4n) is 1.78. The number of aliphatic carboxylic acids is 1. The van der Waals surface area contributed by atoms with Gasteiger partial charge in [0.1, 0.15) is 11.6 Å². The largest absolute Gasteiger partial charge is 0.481 e. The number of H-pyrrole nitrogens is 1. The Bertz CT molecular complexity index is 743. The molecular weight excluding hydrogens is 331 g/mol. The fourth-order valence-corrected chi connectivity index (χ4v) is 2.32. The van der Waals surface area contributed by atoms with Crippen molar-refractivity contribution in [2.24, 2.45) is 0 Å². The number of aromatic amines is 1. The molecule has 0 atom stereocenters. The van der Waals surface area contributed by atoms with Crippen molar-refractivity contribution in [3.63, 3.8) is 0 Å². The first-order chi connectivity index (χ1) is 9.38. The molecule has 7 heteroatoms. The van der Waals surface area contributed by atoms with Gasteiger partial charge in [-0.3, -0.25) is 9.59 Å². The smallest absolute Gasteiger partial charge is 0.308 e. The molecule has 20 heavy (non-hydrogen) atoms. The highest BCUT2D eigenvalue weighted by atomic mass is 79.9. The summed E-state index contributed by atoms with van der Waals surface area (Å²) in [5.41, 5.74) is 0.460. The van der Waals surface area contributed by atoms with Crippen LogP contribution in [0.25, 0.3) is 11.4 Å². The highest BCUT2D eigenvalue weighted by molar-refractivity contribution is 9.10. The lowest BCUT2D eigenvalue weighted by molar-refractivity contribution is -0.136. The van der Waals surface area contributed by atoms with Crippen LogP contribution >= 0.6 is 15.9 Å². The lowest BCUT2D eigenvalue weighted by atomic mass is 10.1. The molecule has 0 aliphatic heterocycles. The van der Waals surface area contributed by atoms with E-state index in [2.05, 4.69) is 25.9 Å². The standard InChI is InChI=1S/C13H10BrFN2O3/c1-6-9(5-11(18)19)13(20)17-12(16-6)8-3-2-7(15)4-10(8)14/h2-4H,5H2,1H3,(H,18,19)(H,16,17,20). The van der Waals surface area contributed by atoms with Crippen LogP contribution in [0.2, 0.25) is 0 Å². The molecule has 0 amide bonds. The summed E-state index contributed by atoms with van der Waals surface area (Å²) >= 11 is 3.20. The van der Waals surface area contributed by atoms with E-state index in [0.717, 1.165) is 0 Å². The Balaban J connectivity index is 2.55. The molecule has 2 N–H and O–H groups in total. The first kappa shape index (κ1) is 14.4. The van der Waals surface area contributed by atoms with Crippen molar-refractivity contribution in [1.29, 1.82) is 0 Å². The lowest BCUT2D eigenvalue weighted by Gasteiger charge is -2.07. The zero-order chi connectivity index (χ0) is 14.9. The second kappa shape index (κ2) is 5.54. The van der Waals surface area contributed by atoms with Crippen molar-refractivity contribution in [3.8, 4) is 11.4 Å². The minimum Gasteiger partial charge on any atom is -0.481 e. The van der Waals surface area contributed by atoms with E-state index in [9.17, 15) is 14.0 Å². The molecule has 2 aromatic rings. The predicted octanol–water partition coefficient (Wildman–Crippen LogP) is 2.27. The molecule has 2 rings (SSSR count). The molecule has 0 aliphatic rings. The Morgan fingerprint density at radius 3 is 2.75 bits per heavy atom. The molecule has 1 aromatic heterocycles. The number of hydrogen-bond donors (Lipinski definition) is 2. The SMILES string of the molecule is Cc1nc(-c2ccc(F)cc2Br)[nH]c(=O)c1CC(=O)O. The Kier molecular flexibility index (Phi) is 3.99. The molecule has 104 valence electrons. The van der Waals surface area contributed by atoms with E-state index in [0.29, 0.717) is 15.7 Å². The molecule has 0 saturated carbocycles. The van der Waals surface area contributed by atoms with Crippen molar-refractivity contribution < 1.29 is 14.3 Å². The molecule has 1 heterocycles. The number of hydrogen-bond acceptors (Lipinski definition) is 3. The summed E-state index contributed by atoms with van der Waals surface area (Å²) in [6.07, 6.45) is -0.390. The second-order valence-electron chi connectivity index (χ2n) is 4.17. The van der Waals surface area contributed by atoms with Crippen molar-refractivity contribution >= 4 is 21.9 Å². The zero-order valence-electron chi connectivity index (χ0n) is 10.4. The third-order valence-corrected chi connectivity index (χ3v) is 3.39. The number of carbonyl (C=O) groups is 1. The molecule has 0 radical (unpaired) electrons. The topological polar surface area (TPSA) is 83.0 Å². The van der Waals surface area contributed by atoms with Crippen LogP contribution in [0.5, 0.6) is 0 Å². The van der Waals surface area contributed by atoms with Gasteiger partial charge in [0.25, 0.3) is 5.56 Å². The van der Waals surface area contributed by atoms with Gasteiger partial charge < -0.3 is 10.1 Å². The molecule has 5 nitrogen and oxygen atoms in total. The van der Waals surface area contributed by atoms with Crippen LogP contribution in [-0.4, -0.2) is 21.0 Å². The third-order valence-electron chi connectivity index (χ3n) is 2.74. The molecule has 0 unspecified atom stereocenters. The van der Waals surface area contributed by atoms with Crippen molar-refractivity contribution in [3.05, 3.63) is 50.1 Å². The van der Waals surface area contributed by atoms with Gasteiger partial charge in [-0.25, -0.2) is 9.37 Å². The molecule has 0 aliphatic carbocycles. The van der Waals surface area contributed by atoms with Gasteiger partial charge in [0.2, 0.25) is 0 Å². The average Bonchev–Trinajstić information content (AvgIpc) is 2.33. The number of rotatable bonds is 3. The van der Waals surface area contributed by atoms with Gasteiger partial charge in [-0.1, -0.05) is 0 Å². The summed E-state index contributed by atoms with van der Waals surface area (Å²) in [5, 5.41) is 8.75. The number of aryl methyl sites for hydroxylation is 1. The van der Waals surface area contributed by atoms with E-state index in [-0.39, 0.29) is 17.8 Å². The number of nitrogens with zero attached hydrogens (tertiary/aromatic N) is 1. The van der Waals surface area contributed by atoms with Gasteiger partial charge in [-0.05, 0) is 41.1 Å². The lowest BCUT2D eigenvalue weighted by Crippen LogP contribution is -2.20. The number of nitrogens with one attached hydrogen (secondary N) is 1. The first-order valence-electron chi connectivity index (χ1n) is 5.65. The van der Waals surface area contributed by atoms with Crippen LogP contribution in [-0.2, 0) is 11.2 Å². The van der Waals surface area contributed by atoms with Gasteiger partial charge in [0, 0.05) is 21.3 Å². The number of carboxylic acid groups (broad SMARTS) is 1. The molecule has 1 aromatic carbocycles. The fraction of sp³-hybridized carbons (Fsp3) is 0.154. The van der Waals surface area contributed by atoms with E-state index in [1.54, 1.807) is 6.92 Å². The summed E-state index contributed by atoms with van der Waals surface area (Å²) in [4.78, 5) is 29.3. The minimum atomic E-state index is -1.10. The molecule has 0 spiro atoms. The van der Waals surface area contributed by atoms with E-state index in [1.165, 1.54) is 18.2 Å². The minimum absolute atomic E-state index is 0.111. The van der Waals surface area contributed by atoms with Gasteiger partial charge in [-0.2, -0.15) is 0 Å². The highest BCUT2D eigenvalue weighted by Crippen LogP contribution is 2.26. The summed E-state index contributed by atoms with van der Waals surface area (Å²) in [5.74, 6) is -1.26. The average molecular weight is 341 g/mol. The van der Waals surface area contributed by atoms with E-state index in [4.69, 9.17) is 5.11 Å². The maximum absolute atomic E-state index is 13.0. The zero-order valence-corrected chi connectivity index (χ0v) is 12.0. The first-order valence-corrected chi connectivity index (χ1v) is 6.45. The molecule has 0 fully saturated rings. The Labute approximate surface area is 121 Å². The van der Waals surface area contributed by atoms with Gasteiger partial charge in [0.05, 0.1) is 6.42 Å².